The Labute approximate surface area is 164 Å². The summed E-state index contributed by atoms with van der Waals surface area (Å²) < 4.78 is 10.6. The Morgan fingerprint density at radius 1 is 1.11 bits per heavy atom. The molecule has 0 radical (unpaired) electrons. The van der Waals surface area contributed by atoms with Gasteiger partial charge in [-0.1, -0.05) is 29.8 Å². The summed E-state index contributed by atoms with van der Waals surface area (Å²) >= 11 is 6.16. The van der Waals surface area contributed by atoms with Crippen molar-refractivity contribution in [1.82, 2.24) is 0 Å². The third kappa shape index (κ3) is 6.38. The van der Waals surface area contributed by atoms with Crippen LogP contribution in [-0.2, 0) is 20.9 Å². The molecule has 0 aliphatic heterocycles. The summed E-state index contributed by atoms with van der Waals surface area (Å²) in [5.41, 5.74) is 3.71. The van der Waals surface area contributed by atoms with Gasteiger partial charge in [-0.25, -0.2) is 4.79 Å². The Bertz CT molecular complexity index is 792. The lowest BCUT2D eigenvalue weighted by Crippen LogP contribution is -2.21. The molecule has 1 amide bonds. The van der Waals surface area contributed by atoms with Crippen molar-refractivity contribution >= 4 is 29.2 Å². The number of nitrogens with one attached hydrogen (secondary N) is 1. The number of aryl methyl sites for hydroxylation is 2. The summed E-state index contributed by atoms with van der Waals surface area (Å²) in [6, 6.07) is 10.6. The van der Waals surface area contributed by atoms with Crippen LogP contribution in [0.15, 0.2) is 36.4 Å². The fourth-order valence-electron chi connectivity index (χ4n) is 2.46. The quantitative estimate of drug-likeness (QED) is 0.698. The van der Waals surface area contributed by atoms with Crippen LogP contribution in [0, 0.1) is 13.8 Å². The minimum atomic E-state index is -0.562. The van der Waals surface area contributed by atoms with E-state index in [-0.39, 0.29) is 12.7 Å². The summed E-state index contributed by atoms with van der Waals surface area (Å²) in [6.07, 6.45) is 0.138. The van der Waals surface area contributed by atoms with E-state index in [4.69, 9.17) is 21.1 Å². The van der Waals surface area contributed by atoms with E-state index < -0.39 is 11.9 Å². The monoisotopic (exact) mass is 389 g/mol. The van der Waals surface area contributed by atoms with Gasteiger partial charge in [0, 0.05) is 0 Å². The van der Waals surface area contributed by atoms with E-state index in [1.165, 1.54) is 0 Å². The Balaban J connectivity index is 1.89. The molecule has 0 atom stereocenters. The highest BCUT2D eigenvalue weighted by molar-refractivity contribution is 6.34. The predicted molar refractivity (Wildman–Crippen MR) is 106 cm³/mol. The molecule has 2 rings (SSSR count). The van der Waals surface area contributed by atoms with Crippen LogP contribution in [0.5, 0.6) is 0 Å². The molecule has 0 saturated carbocycles. The lowest BCUT2D eigenvalue weighted by atomic mass is 10.1. The Morgan fingerprint density at radius 2 is 1.78 bits per heavy atom. The zero-order valence-electron chi connectivity index (χ0n) is 16.0. The van der Waals surface area contributed by atoms with Crippen molar-refractivity contribution in [3.63, 3.8) is 0 Å². The molecular formula is C21H24ClNO4. The number of esters is 1. The molecule has 0 unspecified atom stereocenters. The first kappa shape index (κ1) is 20.9. The smallest absolute Gasteiger partial charge is 0.338 e. The fraction of sp³-hybridized carbons (Fsp3) is 0.333. The number of carbonyl (C=O) groups is 2. The van der Waals surface area contributed by atoms with Crippen molar-refractivity contribution in [3.8, 4) is 0 Å². The number of halogens is 1. The van der Waals surface area contributed by atoms with E-state index in [2.05, 4.69) is 5.32 Å². The summed E-state index contributed by atoms with van der Waals surface area (Å²) in [4.78, 5) is 24.2. The number of amides is 1. The number of hydrogen-bond donors (Lipinski definition) is 1. The van der Waals surface area contributed by atoms with E-state index >= 15 is 0 Å². The highest BCUT2D eigenvalue weighted by Gasteiger charge is 2.13. The number of benzene rings is 2. The number of ether oxygens (including phenoxy) is 2. The van der Waals surface area contributed by atoms with Crippen molar-refractivity contribution in [2.45, 2.75) is 40.4 Å². The molecule has 2 aromatic rings. The van der Waals surface area contributed by atoms with Gasteiger partial charge < -0.3 is 14.8 Å². The largest absolute Gasteiger partial charge is 0.452 e. The number of rotatable bonds is 7. The summed E-state index contributed by atoms with van der Waals surface area (Å²) in [6.45, 7) is 7.79. The van der Waals surface area contributed by atoms with Gasteiger partial charge in [0.15, 0.2) is 6.61 Å². The molecular weight excluding hydrogens is 366 g/mol. The normalized spacial score (nSPS) is 10.7. The van der Waals surface area contributed by atoms with E-state index in [9.17, 15) is 9.59 Å². The number of carbonyl (C=O) groups excluding carboxylic acids is 2. The molecule has 0 fully saturated rings. The topological polar surface area (TPSA) is 64.6 Å². The molecule has 1 N–H and O–H groups in total. The Morgan fingerprint density at radius 3 is 2.37 bits per heavy atom. The maximum absolute atomic E-state index is 12.1. The minimum Gasteiger partial charge on any atom is -0.452 e. The first-order valence-electron chi connectivity index (χ1n) is 8.70. The van der Waals surface area contributed by atoms with Crippen LogP contribution in [-0.4, -0.2) is 24.6 Å². The van der Waals surface area contributed by atoms with Gasteiger partial charge in [-0.3, -0.25) is 4.79 Å². The van der Waals surface area contributed by atoms with E-state index in [1.807, 2.05) is 33.8 Å². The van der Waals surface area contributed by atoms with Gasteiger partial charge in [-0.2, -0.15) is 0 Å². The van der Waals surface area contributed by atoms with Crippen LogP contribution in [0.1, 0.15) is 40.9 Å². The maximum atomic E-state index is 12.1. The van der Waals surface area contributed by atoms with Gasteiger partial charge in [0.2, 0.25) is 0 Å². The van der Waals surface area contributed by atoms with Crippen molar-refractivity contribution in [2.75, 3.05) is 11.9 Å². The van der Waals surface area contributed by atoms with Crippen LogP contribution in [0.3, 0.4) is 0 Å². The maximum Gasteiger partial charge on any atom is 0.338 e. The average molecular weight is 390 g/mol. The van der Waals surface area contributed by atoms with Gasteiger partial charge in [-0.15, -0.1) is 0 Å². The van der Waals surface area contributed by atoms with Crippen LogP contribution >= 0.6 is 11.6 Å². The molecule has 0 aromatic heterocycles. The standard InChI is InChI=1S/C21H24ClNO4/c1-13(2)26-11-16-5-7-17(8-6-16)21(25)27-12-19(24)23-20-15(4)9-14(3)10-18(20)22/h5-10,13H,11-12H2,1-4H3,(H,23,24). The Kier molecular flexibility index (Phi) is 7.39. The van der Waals surface area contributed by atoms with E-state index in [0.717, 1.165) is 16.7 Å². The second-order valence-electron chi connectivity index (χ2n) is 6.62. The zero-order chi connectivity index (χ0) is 20.0. The average Bonchev–Trinajstić information content (AvgIpc) is 2.61. The highest BCUT2D eigenvalue weighted by atomic mass is 35.5. The third-order valence-electron chi connectivity index (χ3n) is 3.80. The van der Waals surface area contributed by atoms with E-state index in [1.54, 1.807) is 30.3 Å². The fourth-order valence-corrected chi connectivity index (χ4v) is 2.83. The van der Waals surface area contributed by atoms with Crippen molar-refractivity contribution < 1.29 is 19.1 Å². The number of hydrogen-bond acceptors (Lipinski definition) is 4. The van der Waals surface area contributed by atoms with Crippen LogP contribution in [0.2, 0.25) is 5.02 Å². The predicted octanol–water partition coefficient (Wildman–Crippen LogP) is 4.68. The van der Waals surface area contributed by atoms with Gasteiger partial charge in [-0.05, 0) is 62.6 Å². The second-order valence-corrected chi connectivity index (χ2v) is 7.03. The van der Waals surface area contributed by atoms with Crippen LogP contribution in [0.4, 0.5) is 5.69 Å². The van der Waals surface area contributed by atoms with Gasteiger partial charge in [0.1, 0.15) is 0 Å². The number of anilines is 1. The minimum absolute atomic E-state index is 0.138. The van der Waals surface area contributed by atoms with Crippen molar-refractivity contribution in [2.24, 2.45) is 0 Å². The molecule has 6 heteroatoms. The molecule has 0 spiro atoms. The second kappa shape index (κ2) is 9.53. The lowest BCUT2D eigenvalue weighted by Gasteiger charge is -2.12. The van der Waals surface area contributed by atoms with Gasteiger partial charge in [0.25, 0.3) is 5.91 Å². The zero-order valence-corrected chi connectivity index (χ0v) is 16.7. The van der Waals surface area contributed by atoms with Gasteiger partial charge >= 0.3 is 5.97 Å². The molecule has 0 bridgehead atoms. The molecule has 0 aliphatic carbocycles. The van der Waals surface area contributed by atoms with E-state index in [0.29, 0.717) is 22.9 Å². The summed E-state index contributed by atoms with van der Waals surface area (Å²) in [7, 11) is 0. The van der Waals surface area contributed by atoms with Gasteiger partial charge in [0.05, 0.1) is 29.0 Å². The molecule has 144 valence electrons. The summed E-state index contributed by atoms with van der Waals surface area (Å²) in [5, 5.41) is 3.13. The third-order valence-corrected chi connectivity index (χ3v) is 4.10. The molecule has 2 aromatic carbocycles. The molecule has 27 heavy (non-hydrogen) atoms. The first-order valence-corrected chi connectivity index (χ1v) is 9.08. The molecule has 0 aliphatic rings. The van der Waals surface area contributed by atoms with Crippen molar-refractivity contribution in [3.05, 3.63) is 63.7 Å². The Hall–Kier alpha value is -2.37. The lowest BCUT2D eigenvalue weighted by molar-refractivity contribution is -0.119. The highest BCUT2D eigenvalue weighted by Crippen LogP contribution is 2.27. The van der Waals surface area contributed by atoms with Crippen LogP contribution < -0.4 is 5.32 Å². The first-order chi connectivity index (χ1) is 12.8. The molecule has 0 saturated heterocycles. The summed E-state index contributed by atoms with van der Waals surface area (Å²) in [5.74, 6) is -1.01. The molecule has 5 nitrogen and oxygen atoms in total. The van der Waals surface area contributed by atoms with Crippen molar-refractivity contribution in [1.29, 1.82) is 0 Å². The van der Waals surface area contributed by atoms with Crippen LogP contribution in [0.25, 0.3) is 0 Å². The molecule has 0 heterocycles. The SMILES string of the molecule is Cc1cc(C)c(NC(=O)COC(=O)c2ccc(COC(C)C)cc2)c(Cl)c1.